The maximum Gasteiger partial charge on any atom is 0.220 e. The first-order valence-electron chi connectivity index (χ1n) is 7.75. The van der Waals surface area contributed by atoms with Gasteiger partial charge in [-0.05, 0) is 31.6 Å². The maximum absolute atomic E-state index is 12.2. The third-order valence-corrected chi connectivity index (χ3v) is 4.80. The Morgan fingerprint density at radius 1 is 1.06 bits per heavy atom. The van der Waals surface area contributed by atoms with Gasteiger partial charge in [0.2, 0.25) is 5.91 Å². The Balaban J connectivity index is 1.80. The molecule has 0 aliphatic heterocycles. The van der Waals surface area contributed by atoms with Crippen molar-refractivity contribution < 1.29 is 4.79 Å². The number of hydrogen-bond donors (Lipinski definition) is 2. The van der Waals surface area contributed by atoms with Gasteiger partial charge in [0, 0.05) is 13.0 Å². The van der Waals surface area contributed by atoms with Crippen LogP contribution in [0.15, 0.2) is 0 Å². The van der Waals surface area contributed by atoms with E-state index in [0.29, 0.717) is 12.5 Å². The van der Waals surface area contributed by atoms with E-state index in [4.69, 9.17) is 5.73 Å². The van der Waals surface area contributed by atoms with Crippen LogP contribution >= 0.6 is 0 Å². The van der Waals surface area contributed by atoms with E-state index in [1.54, 1.807) is 0 Å². The first kappa shape index (κ1) is 13.9. The van der Waals surface area contributed by atoms with Gasteiger partial charge in [-0.1, -0.05) is 38.5 Å². The van der Waals surface area contributed by atoms with Gasteiger partial charge in [0.15, 0.2) is 0 Å². The largest absolute Gasteiger partial charge is 0.349 e. The Kier molecular flexibility index (Phi) is 5.04. The molecule has 0 aromatic heterocycles. The summed E-state index contributed by atoms with van der Waals surface area (Å²) in [5.41, 5.74) is 5.79. The predicted octanol–water partition coefficient (Wildman–Crippen LogP) is 2.73. The van der Waals surface area contributed by atoms with E-state index in [-0.39, 0.29) is 11.4 Å². The van der Waals surface area contributed by atoms with Gasteiger partial charge < -0.3 is 11.1 Å². The molecule has 2 saturated carbocycles. The molecule has 0 atom stereocenters. The van der Waals surface area contributed by atoms with Crippen molar-refractivity contribution in [1.82, 2.24) is 5.32 Å². The van der Waals surface area contributed by atoms with E-state index in [0.717, 1.165) is 19.3 Å². The summed E-state index contributed by atoms with van der Waals surface area (Å²) in [6.07, 6.45) is 13.1. The molecular weight excluding hydrogens is 224 g/mol. The van der Waals surface area contributed by atoms with Crippen LogP contribution in [0.4, 0.5) is 0 Å². The molecule has 3 heteroatoms. The van der Waals surface area contributed by atoms with Crippen molar-refractivity contribution in [3.63, 3.8) is 0 Å². The van der Waals surface area contributed by atoms with Crippen LogP contribution in [-0.4, -0.2) is 18.0 Å². The summed E-state index contributed by atoms with van der Waals surface area (Å²) in [4.78, 5) is 12.2. The van der Waals surface area contributed by atoms with Crippen LogP contribution in [-0.2, 0) is 4.79 Å². The lowest BCUT2D eigenvalue weighted by molar-refractivity contribution is -0.123. The summed E-state index contributed by atoms with van der Waals surface area (Å²) in [5.74, 6) is 0.859. The fraction of sp³-hybridized carbons (Fsp3) is 0.933. The van der Waals surface area contributed by atoms with E-state index in [1.807, 2.05) is 0 Å². The van der Waals surface area contributed by atoms with E-state index < -0.39 is 0 Å². The zero-order valence-electron chi connectivity index (χ0n) is 11.5. The molecule has 2 fully saturated rings. The molecule has 18 heavy (non-hydrogen) atoms. The molecule has 1 amide bonds. The van der Waals surface area contributed by atoms with Crippen molar-refractivity contribution in [2.75, 3.05) is 6.54 Å². The van der Waals surface area contributed by atoms with Gasteiger partial charge in [0.25, 0.3) is 0 Å². The number of hydrogen-bond acceptors (Lipinski definition) is 2. The molecule has 0 radical (unpaired) electrons. The van der Waals surface area contributed by atoms with Crippen molar-refractivity contribution >= 4 is 5.91 Å². The Bertz CT molecular complexity index is 264. The number of nitrogens with two attached hydrogens (primary N) is 1. The Morgan fingerprint density at radius 2 is 1.67 bits per heavy atom. The molecule has 0 unspecified atom stereocenters. The minimum absolute atomic E-state index is 0.0676. The Morgan fingerprint density at radius 3 is 2.22 bits per heavy atom. The van der Waals surface area contributed by atoms with Crippen molar-refractivity contribution in [3.8, 4) is 0 Å². The van der Waals surface area contributed by atoms with Crippen LogP contribution in [0.3, 0.4) is 0 Å². The highest BCUT2D eigenvalue weighted by atomic mass is 16.1. The van der Waals surface area contributed by atoms with Gasteiger partial charge in [-0.3, -0.25) is 4.79 Å². The van der Waals surface area contributed by atoms with Crippen LogP contribution in [0, 0.1) is 5.92 Å². The number of rotatable bonds is 4. The molecule has 0 spiro atoms. The third-order valence-electron chi connectivity index (χ3n) is 4.80. The second kappa shape index (κ2) is 6.55. The lowest BCUT2D eigenvalue weighted by Crippen LogP contribution is -2.51. The van der Waals surface area contributed by atoms with Crippen LogP contribution in [0.5, 0.6) is 0 Å². The summed E-state index contributed by atoms with van der Waals surface area (Å²) in [5, 5.41) is 3.25. The fourth-order valence-corrected chi connectivity index (χ4v) is 3.61. The van der Waals surface area contributed by atoms with Crippen LogP contribution in [0.2, 0.25) is 0 Å². The van der Waals surface area contributed by atoms with Gasteiger partial charge in [-0.15, -0.1) is 0 Å². The average Bonchev–Trinajstić information content (AvgIpc) is 2.67. The van der Waals surface area contributed by atoms with Gasteiger partial charge >= 0.3 is 0 Å². The van der Waals surface area contributed by atoms with E-state index in [2.05, 4.69) is 5.32 Å². The molecule has 3 nitrogen and oxygen atoms in total. The molecule has 3 N–H and O–H groups in total. The average molecular weight is 252 g/mol. The first-order valence-corrected chi connectivity index (χ1v) is 7.75. The highest BCUT2D eigenvalue weighted by Crippen LogP contribution is 2.30. The van der Waals surface area contributed by atoms with Gasteiger partial charge in [-0.25, -0.2) is 0 Å². The zero-order valence-corrected chi connectivity index (χ0v) is 11.5. The molecular formula is C15H28N2O. The zero-order chi connectivity index (χ0) is 12.8. The third kappa shape index (κ3) is 3.71. The number of carbonyl (C=O) groups is 1. The topological polar surface area (TPSA) is 55.1 Å². The number of carbonyl (C=O) groups excluding carboxylic acids is 1. The number of nitrogens with one attached hydrogen (secondary N) is 1. The monoisotopic (exact) mass is 252 g/mol. The van der Waals surface area contributed by atoms with Crippen molar-refractivity contribution in [3.05, 3.63) is 0 Å². The van der Waals surface area contributed by atoms with Crippen molar-refractivity contribution in [2.24, 2.45) is 11.7 Å². The number of amides is 1. The smallest absolute Gasteiger partial charge is 0.220 e. The van der Waals surface area contributed by atoms with Gasteiger partial charge in [0.05, 0.1) is 5.54 Å². The molecule has 2 rings (SSSR count). The minimum atomic E-state index is -0.0676. The SMILES string of the molecule is NCC1(NC(=O)CC2CCCCCC2)CCCC1. The van der Waals surface area contributed by atoms with Crippen molar-refractivity contribution in [2.45, 2.75) is 76.2 Å². The normalized spacial score (nSPS) is 24.7. The summed E-state index contributed by atoms with van der Waals surface area (Å²) >= 11 is 0. The van der Waals surface area contributed by atoms with Gasteiger partial charge in [0.1, 0.15) is 0 Å². The minimum Gasteiger partial charge on any atom is -0.349 e. The summed E-state index contributed by atoms with van der Waals surface area (Å²) < 4.78 is 0. The highest BCUT2D eigenvalue weighted by molar-refractivity contribution is 5.77. The molecule has 2 aliphatic rings. The Hall–Kier alpha value is -0.570. The lowest BCUT2D eigenvalue weighted by Gasteiger charge is -2.29. The first-order chi connectivity index (χ1) is 8.74. The standard InChI is InChI=1S/C15H28N2O/c16-12-15(9-5-6-10-15)17-14(18)11-13-7-3-1-2-4-8-13/h13H,1-12,16H2,(H,17,18). The molecule has 0 saturated heterocycles. The summed E-state index contributed by atoms with van der Waals surface area (Å²) in [7, 11) is 0. The second-order valence-corrected chi connectivity index (χ2v) is 6.30. The van der Waals surface area contributed by atoms with Crippen molar-refractivity contribution in [1.29, 1.82) is 0 Å². The second-order valence-electron chi connectivity index (χ2n) is 6.30. The van der Waals surface area contributed by atoms with E-state index in [9.17, 15) is 4.79 Å². The van der Waals surface area contributed by atoms with E-state index in [1.165, 1.54) is 51.4 Å². The Labute approximate surface area is 111 Å². The summed E-state index contributed by atoms with van der Waals surface area (Å²) in [6, 6.07) is 0. The molecule has 0 bridgehead atoms. The molecule has 2 aliphatic carbocycles. The van der Waals surface area contributed by atoms with E-state index >= 15 is 0 Å². The molecule has 104 valence electrons. The van der Waals surface area contributed by atoms with Gasteiger partial charge in [-0.2, -0.15) is 0 Å². The highest BCUT2D eigenvalue weighted by Gasteiger charge is 2.34. The van der Waals surface area contributed by atoms with Crippen LogP contribution < -0.4 is 11.1 Å². The van der Waals surface area contributed by atoms with Crippen LogP contribution in [0.1, 0.15) is 70.6 Å². The quantitative estimate of drug-likeness (QED) is 0.756. The molecule has 0 heterocycles. The molecule has 0 aromatic carbocycles. The lowest BCUT2D eigenvalue weighted by atomic mass is 9.93. The maximum atomic E-state index is 12.2. The molecule has 0 aromatic rings. The summed E-state index contributed by atoms with van der Waals surface area (Å²) in [6.45, 7) is 0.601. The predicted molar refractivity (Wildman–Crippen MR) is 74.2 cm³/mol. The fourth-order valence-electron chi connectivity index (χ4n) is 3.61. The van der Waals surface area contributed by atoms with Crippen LogP contribution in [0.25, 0.3) is 0 Å².